The van der Waals surface area contributed by atoms with Gasteiger partial charge in [-0.15, -0.1) is 0 Å². The lowest BCUT2D eigenvalue weighted by Gasteiger charge is -2.32. The molecule has 2 aliphatic heterocycles. The lowest BCUT2D eigenvalue weighted by atomic mass is 9.97. The Morgan fingerprint density at radius 3 is 2.35 bits per heavy atom. The van der Waals surface area contributed by atoms with Crippen molar-refractivity contribution < 1.29 is 14.3 Å². The van der Waals surface area contributed by atoms with Gasteiger partial charge in [0.25, 0.3) is 11.8 Å². The molecule has 0 bridgehead atoms. The molecule has 0 aromatic heterocycles. The van der Waals surface area contributed by atoms with Gasteiger partial charge in [-0.3, -0.25) is 14.5 Å². The highest BCUT2D eigenvalue weighted by atomic mass is 16.5. The number of nitrogens with zero attached hydrogens (tertiary/aromatic N) is 2. The van der Waals surface area contributed by atoms with Crippen molar-refractivity contribution >= 4 is 17.4 Å². The van der Waals surface area contributed by atoms with Crippen LogP contribution in [0.25, 0.3) is 5.57 Å². The molecule has 0 spiro atoms. The van der Waals surface area contributed by atoms with E-state index in [1.807, 2.05) is 31.2 Å². The zero-order valence-electron chi connectivity index (χ0n) is 16.0. The summed E-state index contributed by atoms with van der Waals surface area (Å²) in [5.41, 5.74) is 3.11. The topological polar surface area (TPSA) is 49.9 Å². The van der Waals surface area contributed by atoms with Crippen LogP contribution >= 0.6 is 0 Å². The predicted molar refractivity (Wildman–Crippen MR) is 101 cm³/mol. The molecule has 0 aliphatic carbocycles. The average molecular weight is 356 g/mol. The summed E-state index contributed by atoms with van der Waals surface area (Å²) in [6, 6.07) is 7.87. The molecule has 5 nitrogen and oxygen atoms in total. The Kier molecular flexibility index (Phi) is 5.77. The Labute approximate surface area is 155 Å². The predicted octanol–water partition coefficient (Wildman–Crippen LogP) is 2.84. The number of aryl methyl sites for hydroxylation is 1. The van der Waals surface area contributed by atoms with Crippen LogP contribution in [0.2, 0.25) is 0 Å². The molecule has 140 valence electrons. The minimum absolute atomic E-state index is 0.156. The Morgan fingerprint density at radius 1 is 1.08 bits per heavy atom. The van der Waals surface area contributed by atoms with Crippen molar-refractivity contribution in [1.29, 1.82) is 0 Å². The number of hydrogen-bond donors (Lipinski definition) is 0. The molecule has 0 radical (unpaired) electrons. The van der Waals surface area contributed by atoms with Gasteiger partial charge in [-0.25, -0.2) is 0 Å². The zero-order valence-corrected chi connectivity index (χ0v) is 16.0. The van der Waals surface area contributed by atoms with Gasteiger partial charge >= 0.3 is 0 Å². The van der Waals surface area contributed by atoms with Crippen molar-refractivity contribution in [3.8, 4) is 0 Å². The number of hydrogen-bond acceptors (Lipinski definition) is 4. The summed E-state index contributed by atoms with van der Waals surface area (Å²) in [6.07, 6.45) is 2.76. The second-order valence-electron chi connectivity index (χ2n) is 7.37. The van der Waals surface area contributed by atoms with Crippen molar-refractivity contribution in [2.24, 2.45) is 5.92 Å². The van der Waals surface area contributed by atoms with Crippen LogP contribution in [0.1, 0.15) is 37.3 Å². The number of carbonyl (C=O) groups is 2. The maximum atomic E-state index is 13.1. The third-order valence-corrected chi connectivity index (χ3v) is 5.31. The molecular formula is C21H28N2O3. The largest absolute Gasteiger partial charge is 0.385 e. The Balaban J connectivity index is 1.95. The number of carbonyl (C=O) groups excluding carboxylic acids is 2. The first-order valence-corrected chi connectivity index (χ1v) is 9.44. The first-order chi connectivity index (χ1) is 12.5. The maximum Gasteiger partial charge on any atom is 0.277 e. The highest BCUT2D eigenvalue weighted by Crippen LogP contribution is 2.34. The fraction of sp³-hybridized carbons (Fsp3) is 0.524. The van der Waals surface area contributed by atoms with Crippen LogP contribution in [0, 0.1) is 12.8 Å². The molecule has 2 aliphatic rings. The quantitative estimate of drug-likeness (QED) is 0.581. The summed E-state index contributed by atoms with van der Waals surface area (Å²) in [5.74, 6) is 0.333. The molecule has 2 amide bonds. The van der Waals surface area contributed by atoms with Crippen molar-refractivity contribution in [1.82, 2.24) is 9.80 Å². The van der Waals surface area contributed by atoms with E-state index in [1.165, 1.54) is 4.90 Å². The van der Waals surface area contributed by atoms with Crippen LogP contribution in [-0.4, -0.2) is 55.0 Å². The molecule has 1 aromatic carbocycles. The van der Waals surface area contributed by atoms with Gasteiger partial charge in [-0.05, 0) is 37.7 Å². The summed E-state index contributed by atoms with van der Waals surface area (Å²) < 4.78 is 5.08. The van der Waals surface area contributed by atoms with Gasteiger partial charge in [-0.1, -0.05) is 36.8 Å². The van der Waals surface area contributed by atoms with Crippen LogP contribution in [0.4, 0.5) is 0 Å². The van der Waals surface area contributed by atoms with E-state index in [9.17, 15) is 9.59 Å². The SMILES string of the molecule is COCCCN1C(=O)C(c2ccc(C)cc2)=C(N2CCC(C)CC2)C1=O. The molecule has 1 saturated heterocycles. The van der Waals surface area contributed by atoms with Gasteiger partial charge in [0.05, 0.1) is 5.57 Å². The second kappa shape index (κ2) is 8.04. The molecule has 0 atom stereocenters. The number of benzene rings is 1. The Hall–Kier alpha value is -2.14. The lowest BCUT2D eigenvalue weighted by molar-refractivity contribution is -0.137. The van der Waals surface area contributed by atoms with Gasteiger partial charge in [0, 0.05) is 33.4 Å². The van der Waals surface area contributed by atoms with E-state index in [1.54, 1.807) is 7.11 Å². The number of ether oxygens (including phenoxy) is 1. The van der Waals surface area contributed by atoms with E-state index in [2.05, 4.69) is 11.8 Å². The van der Waals surface area contributed by atoms with Gasteiger partial charge in [-0.2, -0.15) is 0 Å². The first-order valence-electron chi connectivity index (χ1n) is 9.44. The van der Waals surface area contributed by atoms with E-state index >= 15 is 0 Å². The summed E-state index contributed by atoms with van der Waals surface area (Å²) in [5, 5.41) is 0. The smallest absolute Gasteiger partial charge is 0.277 e. The molecule has 0 N–H and O–H groups in total. The molecule has 1 fully saturated rings. The van der Waals surface area contributed by atoms with Gasteiger partial charge in [0.2, 0.25) is 0 Å². The number of imide groups is 1. The summed E-state index contributed by atoms with van der Waals surface area (Å²) in [7, 11) is 1.63. The first kappa shape index (κ1) is 18.6. The minimum atomic E-state index is -0.177. The standard InChI is InChI=1S/C21H28N2O3/c1-15-5-7-17(8-6-15)18-19(22-12-9-16(2)10-13-22)21(25)23(20(18)24)11-4-14-26-3/h5-8,16H,4,9-14H2,1-3H3. The molecular weight excluding hydrogens is 328 g/mol. The van der Waals surface area contributed by atoms with Crippen LogP contribution in [-0.2, 0) is 14.3 Å². The third-order valence-electron chi connectivity index (χ3n) is 5.31. The minimum Gasteiger partial charge on any atom is -0.385 e. The highest BCUT2D eigenvalue weighted by molar-refractivity contribution is 6.35. The average Bonchev–Trinajstić information content (AvgIpc) is 2.88. The normalized spacial score (nSPS) is 19.0. The molecule has 1 aromatic rings. The van der Waals surface area contributed by atoms with Gasteiger partial charge < -0.3 is 9.64 Å². The van der Waals surface area contributed by atoms with Crippen LogP contribution in [0.5, 0.6) is 0 Å². The van der Waals surface area contributed by atoms with Crippen LogP contribution in [0.15, 0.2) is 30.0 Å². The maximum absolute atomic E-state index is 13.1. The number of methoxy groups -OCH3 is 1. The molecule has 3 rings (SSSR count). The van der Waals surface area contributed by atoms with Crippen molar-refractivity contribution in [2.75, 3.05) is 33.4 Å². The zero-order chi connectivity index (χ0) is 18.7. The molecule has 5 heteroatoms. The van der Waals surface area contributed by atoms with E-state index in [0.29, 0.717) is 36.8 Å². The molecule has 0 saturated carbocycles. The monoisotopic (exact) mass is 356 g/mol. The summed E-state index contributed by atoms with van der Waals surface area (Å²) >= 11 is 0. The van der Waals surface area contributed by atoms with Crippen molar-refractivity contribution in [3.63, 3.8) is 0 Å². The van der Waals surface area contributed by atoms with E-state index in [4.69, 9.17) is 4.74 Å². The van der Waals surface area contributed by atoms with Gasteiger partial charge in [0.15, 0.2) is 0 Å². The Bertz CT molecular complexity index is 700. The van der Waals surface area contributed by atoms with Crippen LogP contribution in [0.3, 0.4) is 0 Å². The van der Waals surface area contributed by atoms with E-state index < -0.39 is 0 Å². The summed E-state index contributed by atoms with van der Waals surface area (Å²) in [6.45, 7) is 6.85. The van der Waals surface area contributed by atoms with Gasteiger partial charge in [0.1, 0.15) is 5.70 Å². The number of rotatable bonds is 6. The second-order valence-corrected chi connectivity index (χ2v) is 7.37. The molecule has 2 heterocycles. The molecule has 26 heavy (non-hydrogen) atoms. The third kappa shape index (κ3) is 3.68. The van der Waals surface area contributed by atoms with Crippen molar-refractivity contribution in [2.45, 2.75) is 33.1 Å². The summed E-state index contributed by atoms with van der Waals surface area (Å²) in [4.78, 5) is 29.7. The highest BCUT2D eigenvalue weighted by Gasteiger charge is 2.41. The van der Waals surface area contributed by atoms with E-state index in [0.717, 1.165) is 37.1 Å². The fourth-order valence-corrected chi connectivity index (χ4v) is 3.64. The molecule has 0 unspecified atom stereocenters. The Morgan fingerprint density at radius 2 is 1.73 bits per heavy atom. The fourth-order valence-electron chi connectivity index (χ4n) is 3.64. The van der Waals surface area contributed by atoms with E-state index in [-0.39, 0.29) is 11.8 Å². The number of piperidine rings is 1. The lowest BCUT2D eigenvalue weighted by Crippen LogP contribution is -2.39. The number of likely N-dealkylation sites (tertiary alicyclic amines) is 1. The number of amides is 2. The van der Waals surface area contributed by atoms with Crippen LogP contribution < -0.4 is 0 Å². The van der Waals surface area contributed by atoms with Crippen molar-refractivity contribution in [3.05, 3.63) is 41.1 Å².